The van der Waals surface area contributed by atoms with E-state index in [2.05, 4.69) is 16.0 Å². The third kappa shape index (κ3) is 5.60. The summed E-state index contributed by atoms with van der Waals surface area (Å²) in [5.41, 5.74) is 2.04. The van der Waals surface area contributed by atoms with Crippen LogP contribution in [0.25, 0.3) is 0 Å². The summed E-state index contributed by atoms with van der Waals surface area (Å²) in [6.45, 7) is 4.56. The van der Waals surface area contributed by atoms with E-state index >= 15 is 0 Å². The predicted octanol–water partition coefficient (Wildman–Crippen LogP) is 4.46. The van der Waals surface area contributed by atoms with Crippen molar-refractivity contribution in [3.05, 3.63) is 71.4 Å². The smallest absolute Gasteiger partial charge is 0.150 e. The van der Waals surface area contributed by atoms with Crippen LogP contribution in [-0.4, -0.2) is 26.2 Å². The van der Waals surface area contributed by atoms with Gasteiger partial charge in [-0.2, -0.15) is 11.3 Å². The molecule has 4 nitrogen and oxygen atoms in total. The van der Waals surface area contributed by atoms with Gasteiger partial charge in [-0.1, -0.05) is 36.4 Å². The van der Waals surface area contributed by atoms with Crippen LogP contribution in [0.2, 0.25) is 0 Å². The monoisotopic (exact) mass is 353 g/mol. The molecular weight excluding hydrogens is 330 g/mol. The summed E-state index contributed by atoms with van der Waals surface area (Å²) >= 11 is 1.71. The molecule has 0 unspecified atom stereocenters. The normalized spacial score (nSPS) is 14.1. The number of rotatable bonds is 0. The molecule has 1 aromatic heterocycles. The van der Waals surface area contributed by atoms with Crippen molar-refractivity contribution >= 4 is 22.7 Å². The Morgan fingerprint density at radius 2 is 1.12 bits per heavy atom. The van der Waals surface area contributed by atoms with Crippen molar-refractivity contribution in [2.75, 3.05) is 31.5 Å². The van der Waals surface area contributed by atoms with Gasteiger partial charge in [0.2, 0.25) is 0 Å². The second-order valence-electron chi connectivity index (χ2n) is 5.51. The van der Waals surface area contributed by atoms with Gasteiger partial charge in [-0.3, -0.25) is 0 Å². The Balaban J connectivity index is 0.000000136. The molecule has 0 amide bonds. The van der Waals surface area contributed by atoms with Crippen LogP contribution in [0.4, 0.5) is 11.4 Å². The fourth-order valence-corrected chi connectivity index (χ4v) is 2.87. The van der Waals surface area contributed by atoms with E-state index in [9.17, 15) is 0 Å². The molecule has 1 saturated heterocycles. The number of hydrogen-bond donors (Lipinski definition) is 3. The maximum atomic E-state index is 5.71. The first-order valence-corrected chi connectivity index (χ1v) is 9.39. The molecule has 2 aliphatic heterocycles. The number of anilines is 2. The van der Waals surface area contributed by atoms with Gasteiger partial charge in [-0.05, 0) is 35.0 Å². The van der Waals surface area contributed by atoms with Crippen molar-refractivity contribution in [3.63, 3.8) is 0 Å². The number of fused-ring (bicyclic) bond motifs is 2. The van der Waals surface area contributed by atoms with Gasteiger partial charge in [-0.25, -0.2) is 0 Å². The van der Waals surface area contributed by atoms with Crippen LogP contribution in [0.1, 0.15) is 0 Å². The maximum absolute atomic E-state index is 5.71. The van der Waals surface area contributed by atoms with E-state index in [-0.39, 0.29) is 0 Å². The minimum absolute atomic E-state index is 0.881. The van der Waals surface area contributed by atoms with Crippen LogP contribution < -0.4 is 20.7 Å². The summed E-state index contributed by atoms with van der Waals surface area (Å²) in [6, 6.07) is 19.9. The van der Waals surface area contributed by atoms with Crippen molar-refractivity contribution in [2.24, 2.45) is 0 Å². The molecule has 2 aromatic carbocycles. The SMILES string of the molecule is C1CNCCN1.c1ccc2c(c1)Nc1ccccc1O2.c1ccsc1. The van der Waals surface area contributed by atoms with E-state index in [1.807, 2.05) is 71.4 Å². The number of thiophene rings is 1. The lowest BCUT2D eigenvalue weighted by Gasteiger charge is -2.20. The topological polar surface area (TPSA) is 45.3 Å². The Bertz CT molecular complexity index is 626. The highest BCUT2D eigenvalue weighted by molar-refractivity contribution is 7.07. The third-order valence-electron chi connectivity index (χ3n) is 3.65. The molecule has 0 radical (unpaired) electrons. The molecule has 130 valence electrons. The highest BCUT2D eigenvalue weighted by atomic mass is 32.1. The van der Waals surface area contributed by atoms with Gasteiger partial charge in [0.1, 0.15) is 0 Å². The molecule has 1 fully saturated rings. The van der Waals surface area contributed by atoms with E-state index in [0.717, 1.165) is 49.1 Å². The van der Waals surface area contributed by atoms with E-state index in [1.165, 1.54) is 0 Å². The van der Waals surface area contributed by atoms with Crippen LogP contribution in [0, 0.1) is 0 Å². The summed E-state index contributed by atoms with van der Waals surface area (Å²) in [5, 5.41) is 13.8. The summed E-state index contributed by atoms with van der Waals surface area (Å²) in [5.74, 6) is 1.76. The number of para-hydroxylation sites is 4. The van der Waals surface area contributed by atoms with E-state index < -0.39 is 0 Å². The number of piperazine rings is 1. The van der Waals surface area contributed by atoms with Crippen LogP contribution >= 0.6 is 11.3 Å². The number of ether oxygens (including phenoxy) is 1. The minimum Gasteiger partial charge on any atom is -0.453 e. The van der Waals surface area contributed by atoms with Crippen molar-refractivity contribution in [1.82, 2.24) is 10.6 Å². The fraction of sp³-hybridized carbons (Fsp3) is 0.200. The molecule has 3 aromatic rings. The van der Waals surface area contributed by atoms with E-state index in [0.29, 0.717) is 0 Å². The standard InChI is InChI=1S/C12H9NO.C4H10N2.C4H4S/c1-3-7-11-9(5-1)13-10-6-2-4-8-12(10)14-11;1-2-6-4-3-5-1;1-2-4-5-3-1/h1-8,13H;5-6H,1-4H2;1-4H. The fourth-order valence-electron chi connectivity index (χ4n) is 2.41. The molecule has 0 spiro atoms. The first-order chi connectivity index (χ1) is 12.4. The molecule has 0 bridgehead atoms. The van der Waals surface area contributed by atoms with Gasteiger partial charge in [0.15, 0.2) is 11.5 Å². The zero-order valence-electron chi connectivity index (χ0n) is 14.1. The summed E-state index contributed by atoms with van der Waals surface area (Å²) in [7, 11) is 0. The number of hydrogen-bond acceptors (Lipinski definition) is 5. The van der Waals surface area contributed by atoms with Gasteiger partial charge in [-0.15, -0.1) is 0 Å². The largest absolute Gasteiger partial charge is 0.453 e. The van der Waals surface area contributed by atoms with Crippen molar-refractivity contribution in [1.29, 1.82) is 0 Å². The Kier molecular flexibility index (Phi) is 6.88. The average molecular weight is 353 g/mol. The van der Waals surface area contributed by atoms with Crippen molar-refractivity contribution < 1.29 is 4.74 Å². The average Bonchev–Trinajstić information content (AvgIpc) is 3.28. The van der Waals surface area contributed by atoms with Crippen molar-refractivity contribution in [3.8, 4) is 11.5 Å². The lowest BCUT2D eigenvalue weighted by atomic mass is 10.2. The molecule has 0 atom stereocenters. The predicted molar refractivity (Wildman–Crippen MR) is 106 cm³/mol. The highest BCUT2D eigenvalue weighted by Gasteiger charge is 2.13. The molecule has 5 heteroatoms. The van der Waals surface area contributed by atoms with Gasteiger partial charge in [0.25, 0.3) is 0 Å². The summed E-state index contributed by atoms with van der Waals surface area (Å²) in [6.07, 6.45) is 0. The lowest BCUT2D eigenvalue weighted by molar-refractivity contribution is 0.481. The van der Waals surface area contributed by atoms with Gasteiger partial charge in [0, 0.05) is 26.2 Å². The lowest BCUT2D eigenvalue weighted by Crippen LogP contribution is -2.39. The van der Waals surface area contributed by atoms with Crippen molar-refractivity contribution in [2.45, 2.75) is 0 Å². The molecular formula is C20H23N3OS. The van der Waals surface area contributed by atoms with Crippen LogP contribution in [-0.2, 0) is 0 Å². The molecule has 0 saturated carbocycles. The number of nitrogens with one attached hydrogen (secondary N) is 3. The van der Waals surface area contributed by atoms with Crippen LogP contribution in [0.15, 0.2) is 71.4 Å². The molecule has 2 aliphatic rings. The molecule has 25 heavy (non-hydrogen) atoms. The second-order valence-corrected chi connectivity index (χ2v) is 6.33. The Labute approximate surface area is 152 Å². The third-order valence-corrected chi connectivity index (χ3v) is 4.27. The summed E-state index contributed by atoms with van der Waals surface area (Å²) in [4.78, 5) is 0. The van der Waals surface area contributed by atoms with E-state index in [4.69, 9.17) is 4.74 Å². The van der Waals surface area contributed by atoms with Crippen LogP contribution in [0.3, 0.4) is 0 Å². The number of benzene rings is 2. The quantitative estimate of drug-likeness (QED) is 0.437. The Hall–Kier alpha value is -2.34. The molecule has 5 rings (SSSR count). The molecule has 3 heterocycles. The second kappa shape index (κ2) is 9.84. The maximum Gasteiger partial charge on any atom is 0.150 e. The molecule has 0 aliphatic carbocycles. The summed E-state index contributed by atoms with van der Waals surface area (Å²) < 4.78 is 5.71. The van der Waals surface area contributed by atoms with Gasteiger partial charge >= 0.3 is 0 Å². The minimum atomic E-state index is 0.881. The molecule has 3 N–H and O–H groups in total. The first kappa shape index (κ1) is 17.5. The van der Waals surface area contributed by atoms with Crippen LogP contribution in [0.5, 0.6) is 11.5 Å². The Morgan fingerprint density at radius 1 is 0.640 bits per heavy atom. The van der Waals surface area contributed by atoms with Gasteiger partial charge < -0.3 is 20.7 Å². The zero-order chi connectivity index (χ0) is 17.2. The Morgan fingerprint density at radius 3 is 1.52 bits per heavy atom. The van der Waals surface area contributed by atoms with E-state index in [1.54, 1.807) is 11.3 Å². The first-order valence-electron chi connectivity index (χ1n) is 8.45. The zero-order valence-corrected chi connectivity index (χ0v) is 14.9. The van der Waals surface area contributed by atoms with Gasteiger partial charge in [0.05, 0.1) is 11.4 Å². The highest BCUT2D eigenvalue weighted by Crippen LogP contribution is 2.40.